The number of hydrogen-bond acceptors (Lipinski definition) is 5. The molecule has 2 rings (SSSR count). The van der Waals surface area contributed by atoms with Gasteiger partial charge in [-0.05, 0) is 37.5 Å². The summed E-state index contributed by atoms with van der Waals surface area (Å²) >= 11 is 0. The molecule has 0 unspecified atom stereocenters. The highest BCUT2D eigenvalue weighted by atomic mass is 16.5. The lowest BCUT2D eigenvalue weighted by atomic mass is 9.95. The quantitative estimate of drug-likeness (QED) is 0.712. The van der Waals surface area contributed by atoms with E-state index in [0.29, 0.717) is 12.1 Å². The number of benzene rings is 1. The number of amides is 1. The fraction of sp³-hybridized carbons (Fsp3) is 0.278. The van der Waals surface area contributed by atoms with E-state index < -0.39 is 17.6 Å². The number of carboxylic acids is 1. The molecule has 1 amide bonds. The molecule has 1 heterocycles. The fourth-order valence-corrected chi connectivity index (χ4v) is 2.15. The third kappa shape index (κ3) is 5.49. The van der Waals surface area contributed by atoms with Crippen LogP contribution in [0.15, 0.2) is 48.7 Å². The van der Waals surface area contributed by atoms with Gasteiger partial charge in [-0.25, -0.2) is 9.59 Å². The van der Waals surface area contributed by atoms with Crippen LogP contribution in [0.1, 0.15) is 24.6 Å². The summed E-state index contributed by atoms with van der Waals surface area (Å²) in [7, 11) is 0. The molecule has 2 aromatic rings. The summed E-state index contributed by atoms with van der Waals surface area (Å²) in [6.45, 7) is 1.47. The van der Waals surface area contributed by atoms with Crippen LogP contribution in [0.5, 0.6) is 5.75 Å². The van der Waals surface area contributed by atoms with Gasteiger partial charge >= 0.3 is 12.1 Å². The Labute approximate surface area is 145 Å². The van der Waals surface area contributed by atoms with E-state index in [2.05, 4.69) is 10.3 Å². The number of alkyl carbamates (subject to hydrolysis) is 1. The molecule has 0 aliphatic rings. The molecule has 3 N–H and O–H groups in total. The number of aliphatic carboxylic acids is 1. The van der Waals surface area contributed by atoms with Crippen LogP contribution in [0.3, 0.4) is 0 Å². The second-order valence-electron chi connectivity index (χ2n) is 5.83. The van der Waals surface area contributed by atoms with Gasteiger partial charge < -0.3 is 20.3 Å². The van der Waals surface area contributed by atoms with Crippen molar-refractivity contribution in [2.45, 2.75) is 31.9 Å². The van der Waals surface area contributed by atoms with Crippen molar-refractivity contribution in [1.29, 1.82) is 0 Å². The van der Waals surface area contributed by atoms with Crippen LogP contribution in [0.2, 0.25) is 0 Å². The summed E-state index contributed by atoms with van der Waals surface area (Å²) in [6.07, 6.45) is 0.935. The number of nitrogens with one attached hydrogen (secondary N) is 1. The van der Waals surface area contributed by atoms with E-state index >= 15 is 0 Å². The van der Waals surface area contributed by atoms with E-state index in [0.717, 1.165) is 5.56 Å². The summed E-state index contributed by atoms with van der Waals surface area (Å²) in [4.78, 5) is 27.5. The van der Waals surface area contributed by atoms with Crippen molar-refractivity contribution in [1.82, 2.24) is 10.3 Å². The maximum Gasteiger partial charge on any atom is 0.408 e. The number of rotatable bonds is 7. The molecule has 0 saturated carbocycles. The predicted octanol–water partition coefficient (Wildman–Crippen LogP) is 2.49. The Bertz CT molecular complexity index is 718. The molecule has 1 atom stereocenters. The zero-order chi connectivity index (χ0) is 18.3. The zero-order valence-electron chi connectivity index (χ0n) is 13.8. The monoisotopic (exact) mass is 344 g/mol. The van der Waals surface area contributed by atoms with Crippen molar-refractivity contribution in [2.75, 3.05) is 0 Å². The number of pyridine rings is 1. The minimum Gasteiger partial charge on any atom is -0.506 e. The molecule has 0 spiro atoms. The van der Waals surface area contributed by atoms with E-state index in [1.807, 2.05) is 18.2 Å². The number of hydrogen-bond donors (Lipinski definition) is 3. The molecule has 0 fully saturated rings. The summed E-state index contributed by atoms with van der Waals surface area (Å²) in [5.41, 5.74) is -0.0689. The van der Waals surface area contributed by atoms with Crippen LogP contribution >= 0.6 is 0 Å². The second kappa shape index (κ2) is 8.14. The van der Waals surface area contributed by atoms with E-state index in [1.54, 1.807) is 18.2 Å². The van der Waals surface area contributed by atoms with Gasteiger partial charge in [0.05, 0.1) is 6.20 Å². The van der Waals surface area contributed by atoms with Gasteiger partial charge in [0, 0.05) is 5.69 Å². The Hall–Kier alpha value is -3.09. The van der Waals surface area contributed by atoms with Crippen molar-refractivity contribution < 1.29 is 24.5 Å². The third-order valence-corrected chi connectivity index (χ3v) is 3.75. The molecule has 0 bridgehead atoms. The van der Waals surface area contributed by atoms with Crippen molar-refractivity contribution in [3.8, 4) is 5.75 Å². The number of carbonyl (C=O) groups is 2. The van der Waals surface area contributed by atoms with Crippen LogP contribution in [-0.4, -0.2) is 32.8 Å². The average molecular weight is 344 g/mol. The van der Waals surface area contributed by atoms with Crippen LogP contribution in [0.4, 0.5) is 4.79 Å². The largest absolute Gasteiger partial charge is 0.506 e. The molecule has 25 heavy (non-hydrogen) atoms. The van der Waals surface area contributed by atoms with Gasteiger partial charge in [0.2, 0.25) is 0 Å². The normalized spacial score (nSPS) is 12.8. The Kier molecular flexibility index (Phi) is 5.94. The molecule has 132 valence electrons. The zero-order valence-corrected chi connectivity index (χ0v) is 13.8. The van der Waals surface area contributed by atoms with Gasteiger partial charge in [-0.2, -0.15) is 0 Å². The lowest BCUT2D eigenvalue weighted by Crippen LogP contribution is -2.52. The molecule has 0 aliphatic heterocycles. The Morgan fingerprint density at radius 3 is 2.52 bits per heavy atom. The maximum absolute atomic E-state index is 11.9. The SMILES string of the molecule is C[C@@](CCc1ccc(O)cn1)(NC(=O)OCc1ccccc1)C(=O)O. The maximum atomic E-state index is 11.9. The molecule has 1 aromatic heterocycles. The summed E-state index contributed by atoms with van der Waals surface area (Å²) in [5.74, 6) is -1.13. The van der Waals surface area contributed by atoms with Gasteiger partial charge in [0.25, 0.3) is 0 Å². The molecule has 7 heteroatoms. The van der Waals surface area contributed by atoms with Gasteiger partial charge in [0.15, 0.2) is 0 Å². The average Bonchev–Trinajstić information content (AvgIpc) is 2.60. The van der Waals surface area contributed by atoms with Gasteiger partial charge in [-0.3, -0.25) is 4.98 Å². The van der Waals surface area contributed by atoms with Crippen molar-refractivity contribution in [2.24, 2.45) is 0 Å². The first-order chi connectivity index (χ1) is 11.9. The minimum absolute atomic E-state index is 0.0346. The summed E-state index contributed by atoms with van der Waals surface area (Å²) < 4.78 is 5.08. The molecular weight excluding hydrogens is 324 g/mol. The first-order valence-electron chi connectivity index (χ1n) is 7.75. The molecule has 1 aromatic carbocycles. The Morgan fingerprint density at radius 1 is 1.20 bits per heavy atom. The third-order valence-electron chi connectivity index (χ3n) is 3.75. The van der Waals surface area contributed by atoms with Crippen molar-refractivity contribution in [3.63, 3.8) is 0 Å². The van der Waals surface area contributed by atoms with Gasteiger partial charge in [0.1, 0.15) is 17.9 Å². The highest BCUT2D eigenvalue weighted by molar-refractivity contribution is 5.83. The predicted molar refractivity (Wildman–Crippen MR) is 90.0 cm³/mol. The van der Waals surface area contributed by atoms with Crippen LogP contribution in [-0.2, 0) is 22.6 Å². The van der Waals surface area contributed by atoms with Gasteiger partial charge in [-0.1, -0.05) is 30.3 Å². The van der Waals surface area contributed by atoms with E-state index in [1.165, 1.54) is 19.2 Å². The molecular formula is C18H20N2O5. The Morgan fingerprint density at radius 2 is 1.92 bits per heavy atom. The van der Waals surface area contributed by atoms with E-state index in [9.17, 15) is 19.8 Å². The number of aryl methyl sites for hydroxylation is 1. The number of carboxylic acid groups (broad SMARTS) is 1. The smallest absolute Gasteiger partial charge is 0.408 e. The molecule has 0 saturated heterocycles. The topological polar surface area (TPSA) is 109 Å². The van der Waals surface area contributed by atoms with Crippen molar-refractivity contribution in [3.05, 3.63) is 59.9 Å². The number of carbonyl (C=O) groups excluding carboxylic acids is 1. The van der Waals surface area contributed by atoms with Crippen LogP contribution in [0.25, 0.3) is 0 Å². The standard InChI is InChI=1S/C18H20N2O5/c1-18(16(22)23,10-9-14-7-8-15(21)11-19-14)20-17(24)25-12-13-5-3-2-4-6-13/h2-8,11,21H,9-10,12H2,1H3,(H,20,24)(H,22,23)/t18-/m0/s1. The van der Waals surface area contributed by atoms with E-state index in [-0.39, 0.29) is 18.8 Å². The molecule has 0 aliphatic carbocycles. The number of aromatic nitrogens is 1. The molecule has 7 nitrogen and oxygen atoms in total. The number of nitrogens with zero attached hydrogens (tertiary/aromatic N) is 1. The van der Waals surface area contributed by atoms with Crippen molar-refractivity contribution >= 4 is 12.1 Å². The highest BCUT2D eigenvalue weighted by Crippen LogP contribution is 2.16. The van der Waals surface area contributed by atoms with Gasteiger partial charge in [-0.15, -0.1) is 0 Å². The Balaban J connectivity index is 1.92. The summed E-state index contributed by atoms with van der Waals surface area (Å²) in [6, 6.07) is 12.2. The van der Waals surface area contributed by atoms with Crippen LogP contribution < -0.4 is 5.32 Å². The van der Waals surface area contributed by atoms with E-state index in [4.69, 9.17) is 4.74 Å². The first-order valence-corrected chi connectivity index (χ1v) is 7.75. The molecule has 0 radical (unpaired) electrons. The second-order valence-corrected chi connectivity index (χ2v) is 5.83. The summed E-state index contributed by atoms with van der Waals surface area (Å²) in [5, 5.41) is 21.1. The highest BCUT2D eigenvalue weighted by Gasteiger charge is 2.35. The fourth-order valence-electron chi connectivity index (χ4n) is 2.15. The first kappa shape index (κ1) is 18.3. The number of aromatic hydroxyl groups is 1. The minimum atomic E-state index is -1.49. The van der Waals surface area contributed by atoms with Crippen LogP contribution in [0, 0.1) is 0 Å². The number of ether oxygens (including phenoxy) is 1. The lowest BCUT2D eigenvalue weighted by Gasteiger charge is -2.25. The lowest BCUT2D eigenvalue weighted by molar-refractivity contribution is -0.144.